The van der Waals surface area contributed by atoms with Crippen LogP contribution in [-0.2, 0) is 0 Å². The van der Waals surface area contributed by atoms with Gasteiger partial charge >= 0.3 is 0 Å². The number of benzene rings is 10. The van der Waals surface area contributed by atoms with Crippen LogP contribution in [0.1, 0.15) is 22.6 Å². The predicted molar refractivity (Wildman–Crippen MR) is 247 cm³/mol. The highest BCUT2D eigenvalue weighted by molar-refractivity contribution is 6.16. The Morgan fingerprint density at radius 1 is 0.339 bits per heavy atom. The number of hydrogen-bond donors (Lipinski definition) is 0. The third-order valence-corrected chi connectivity index (χ3v) is 12.8. The molecule has 274 valence electrons. The molecular weight excluding hydrogens is 715 g/mol. The van der Waals surface area contributed by atoms with Crippen molar-refractivity contribution in [1.29, 1.82) is 0 Å². The van der Waals surface area contributed by atoms with E-state index in [9.17, 15) is 0 Å². The van der Waals surface area contributed by atoms with Gasteiger partial charge in [0, 0.05) is 33.0 Å². The summed E-state index contributed by atoms with van der Waals surface area (Å²) in [6.07, 6.45) is 0. The Hall–Kier alpha value is -7.68. The molecule has 0 amide bonds. The molecule has 0 N–H and O–H groups in total. The summed E-state index contributed by atoms with van der Waals surface area (Å²) in [6.45, 7) is 0. The van der Waals surface area contributed by atoms with E-state index in [4.69, 9.17) is 4.42 Å². The fourth-order valence-corrected chi connectivity index (χ4v) is 10.2. The molecule has 10 aromatic carbocycles. The molecule has 0 bridgehead atoms. The SMILES string of the molecule is c1ccc(-c2cc(C(c3ccc4c(c3)-c3cccc5cccc-4c35)c3ccc4oc5ccccc5c4c3)ccc2-n2c3ccccc3c3cc4ccccc4cc32)cc1. The van der Waals surface area contributed by atoms with E-state index in [0.29, 0.717) is 0 Å². The van der Waals surface area contributed by atoms with Gasteiger partial charge in [-0.1, -0.05) is 152 Å². The normalized spacial score (nSPS) is 12.7. The molecule has 0 radical (unpaired) electrons. The summed E-state index contributed by atoms with van der Waals surface area (Å²) in [5, 5.41) is 9.91. The van der Waals surface area contributed by atoms with E-state index >= 15 is 0 Å². The molecule has 0 spiro atoms. The maximum absolute atomic E-state index is 6.36. The minimum absolute atomic E-state index is 0.0557. The van der Waals surface area contributed by atoms with E-state index in [-0.39, 0.29) is 5.92 Å². The van der Waals surface area contributed by atoms with Crippen LogP contribution >= 0.6 is 0 Å². The summed E-state index contributed by atoms with van der Waals surface area (Å²) < 4.78 is 8.84. The van der Waals surface area contributed by atoms with Gasteiger partial charge in [0.25, 0.3) is 0 Å². The van der Waals surface area contributed by atoms with Gasteiger partial charge in [-0.3, -0.25) is 0 Å². The number of hydrogen-bond acceptors (Lipinski definition) is 1. The molecule has 1 aliphatic rings. The highest BCUT2D eigenvalue weighted by Gasteiger charge is 2.26. The number of para-hydroxylation sites is 2. The molecule has 13 rings (SSSR count). The Bertz CT molecular complexity index is 3670. The standard InChI is InChI=1S/C57H35NO/c1-2-12-35(13-3-1)47-31-40(25-28-52(47)58-51-22-8-6-18-43(51)49-30-37-14-4-5-15-38(37)34-53(49)58)56(41-26-29-55-50(33-41)44-19-7-9-23-54(44)59-55)39-24-27-42-45-20-10-16-36-17-11-21-46(57(36)45)48(42)32-39/h1-34,56H. The van der Waals surface area contributed by atoms with Crippen molar-refractivity contribution in [3.05, 3.63) is 223 Å². The minimum atomic E-state index is -0.0557. The molecule has 12 aromatic rings. The third-order valence-electron chi connectivity index (χ3n) is 12.8. The van der Waals surface area contributed by atoms with Crippen LogP contribution in [0.3, 0.4) is 0 Å². The van der Waals surface area contributed by atoms with Gasteiger partial charge in [-0.25, -0.2) is 0 Å². The second-order valence-electron chi connectivity index (χ2n) is 16.0. The van der Waals surface area contributed by atoms with Crippen LogP contribution in [0.5, 0.6) is 0 Å². The van der Waals surface area contributed by atoms with Crippen LogP contribution in [0.25, 0.3) is 104 Å². The lowest BCUT2D eigenvalue weighted by Crippen LogP contribution is -2.06. The Morgan fingerprint density at radius 2 is 0.966 bits per heavy atom. The Morgan fingerprint density at radius 3 is 1.81 bits per heavy atom. The summed E-state index contributed by atoms with van der Waals surface area (Å²) in [6, 6.07) is 76.1. The fraction of sp³-hybridized carbons (Fsp3) is 0.0175. The monoisotopic (exact) mass is 749 g/mol. The fourth-order valence-electron chi connectivity index (χ4n) is 10.2. The number of nitrogens with zero attached hydrogens (tertiary/aromatic N) is 1. The quantitative estimate of drug-likeness (QED) is 0.160. The molecule has 0 fully saturated rings. The molecular formula is C57H35NO. The van der Waals surface area contributed by atoms with Gasteiger partial charge in [-0.2, -0.15) is 0 Å². The summed E-state index contributed by atoms with van der Waals surface area (Å²) in [5.41, 5.74) is 16.7. The highest BCUT2D eigenvalue weighted by Crippen LogP contribution is 2.49. The predicted octanol–water partition coefficient (Wildman–Crippen LogP) is 15.5. The summed E-state index contributed by atoms with van der Waals surface area (Å²) in [5.74, 6) is -0.0557. The molecule has 1 unspecified atom stereocenters. The minimum Gasteiger partial charge on any atom is -0.456 e. The van der Waals surface area contributed by atoms with Gasteiger partial charge in [0.1, 0.15) is 11.2 Å². The molecule has 0 saturated carbocycles. The number of aromatic nitrogens is 1. The van der Waals surface area contributed by atoms with E-state index in [1.54, 1.807) is 0 Å². The highest BCUT2D eigenvalue weighted by atomic mass is 16.3. The second-order valence-corrected chi connectivity index (χ2v) is 16.0. The number of fused-ring (bicyclic) bond motifs is 10. The molecule has 1 atom stereocenters. The van der Waals surface area contributed by atoms with Crippen molar-refractivity contribution in [1.82, 2.24) is 4.57 Å². The van der Waals surface area contributed by atoms with Crippen molar-refractivity contribution < 1.29 is 4.42 Å². The van der Waals surface area contributed by atoms with Gasteiger partial charge in [-0.05, 0) is 121 Å². The maximum atomic E-state index is 6.36. The van der Waals surface area contributed by atoms with Gasteiger partial charge in [-0.15, -0.1) is 0 Å². The number of rotatable bonds is 5. The third kappa shape index (κ3) is 4.81. The zero-order chi connectivity index (χ0) is 38.6. The molecule has 59 heavy (non-hydrogen) atoms. The van der Waals surface area contributed by atoms with Crippen molar-refractivity contribution in [3.63, 3.8) is 0 Å². The Labute approximate surface area is 340 Å². The second kappa shape index (κ2) is 12.4. The summed E-state index contributed by atoms with van der Waals surface area (Å²) in [7, 11) is 0. The molecule has 2 heterocycles. The van der Waals surface area contributed by atoms with E-state index in [1.807, 2.05) is 6.07 Å². The van der Waals surface area contributed by atoms with E-state index in [1.165, 1.54) is 93.4 Å². The van der Waals surface area contributed by atoms with Crippen molar-refractivity contribution in [3.8, 4) is 39.1 Å². The molecule has 0 aliphatic heterocycles. The van der Waals surface area contributed by atoms with E-state index in [2.05, 4.69) is 205 Å². The molecule has 2 nitrogen and oxygen atoms in total. The summed E-state index contributed by atoms with van der Waals surface area (Å²) >= 11 is 0. The zero-order valence-corrected chi connectivity index (χ0v) is 32.1. The van der Waals surface area contributed by atoms with Gasteiger partial charge < -0.3 is 8.98 Å². The van der Waals surface area contributed by atoms with Gasteiger partial charge in [0.15, 0.2) is 0 Å². The van der Waals surface area contributed by atoms with Crippen molar-refractivity contribution in [2.24, 2.45) is 0 Å². The van der Waals surface area contributed by atoms with Crippen molar-refractivity contribution in [2.75, 3.05) is 0 Å². The van der Waals surface area contributed by atoms with Crippen LogP contribution in [0, 0.1) is 0 Å². The first-order valence-electron chi connectivity index (χ1n) is 20.4. The first-order valence-corrected chi connectivity index (χ1v) is 20.4. The van der Waals surface area contributed by atoms with Crippen LogP contribution < -0.4 is 0 Å². The Kier molecular flexibility index (Phi) is 6.82. The molecule has 0 saturated heterocycles. The first-order chi connectivity index (χ1) is 29.2. The summed E-state index contributed by atoms with van der Waals surface area (Å²) in [4.78, 5) is 0. The topological polar surface area (TPSA) is 18.1 Å². The van der Waals surface area contributed by atoms with E-state index in [0.717, 1.165) is 27.6 Å². The average Bonchev–Trinajstić information content (AvgIpc) is 3.94. The smallest absolute Gasteiger partial charge is 0.135 e. The average molecular weight is 750 g/mol. The molecule has 2 heteroatoms. The van der Waals surface area contributed by atoms with Crippen LogP contribution in [0.4, 0.5) is 0 Å². The van der Waals surface area contributed by atoms with Crippen LogP contribution in [-0.4, -0.2) is 4.57 Å². The van der Waals surface area contributed by atoms with Crippen molar-refractivity contribution >= 4 is 65.3 Å². The molecule has 1 aliphatic carbocycles. The zero-order valence-electron chi connectivity index (χ0n) is 32.1. The Balaban J connectivity index is 1.08. The van der Waals surface area contributed by atoms with Crippen molar-refractivity contribution in [2.45, 2.75) is 5.92 Å². The van der Waals surface area contributed by atoms with Crippen LogP contribution in [0.2, 0.25) is 0 Å². The lowest BCUT2D eigenvalue weighted by Gasteiger charge is -2.23. The lowest BCUT2D eigenvalue weighted by atomic mass is 9.82. The van der Waals surface area contributed by atoms with Gasteiger partial charge in [0.05, 0.1) is 16.7 Å². The van der Waals surface area contributed by atoms with Crippen LogP contribution in [0.15, 0.2) is 211 Å². The van der Waals surface area contributed by atoms with E-state index < -0.39 is 0 Å². The lowest BCUT2D eigenvalue weighted by molar-refractivity contribution is 0.668. The molecule has 2 aromatic heterocycles. The number of furan rings is 1. The largest absolute Gasteiger partial charge is 0.456 e. The first kappa shape index (κ1) is 32.4. The van der Waals surface area contributed by atoms with Gasteiger partial charge in [0.2, 0.25) is 0 Å². The maximum Gasteiger partial charge on any atom is 0.135 e.